The molecule has 0 radical (unpaired) electrons. The van der Waals surface area contributed by atoms with Gasteiger partial charge in [-0.15, -0.1) is 0 Å². The highest BCUT2D eigenvalue weighted by Crippen LogP contribution is 2.17. The van der Waals surface area contributed by atoms with Crippen molar-refractivity contribution < 1.29 is 13.2 Å². The van der Waals surface area contributed by atoms with Crippen LogP contribution < -0.4 is 10.6 Å². The number of aromatic nitrogens is 1. The summed E-state index contributed by atoms with van der Waals surface area (Å²) in [6.45, 7) is 1.41. The maximum Gasteiger partial charge on any atom is 0.222 e. The number of pyridine rings is 1. The lowest BCUT2D eigenvalue weighted by Gasteiger charge is -2.12. The molecule has 6 nitrogen and oxygen atoms in total. The van der Waals surface area contributed by atoms with Gasteiger partial charge >= 0.3 is 0 Å². The molecule has 0 bridgehead atoms. The van der Waals surface area contributed by atoms with Crippen molar-refractivity contribution in [1.29, 1.82) is 0 Å². The fourth-order valence-corrected chi connectivity index (χ4v) is 3.55. The van der Waals surface area contributed by atoms with E-state index >= 15 is 0 Å². The first-order valence-corrected chi connectivity index (χ1v) is 7.47. The topological polar surface area (TPSA) is 88.2 Å². The quantitative estimate of drug-likeness (QED) is 0.840. The van der Waals surface area contributed by atoms with Gasteiger partial charge in [-0.1, -0.05) is 0 Å². The molecule has 1 aliphatic heterocycles. The zero-order valence-electron chi connectivity index (χ0n) is 10.0. The van der Waals surface area contributed by atoms with Gasteiger partial charge in [0.15, 0.2) is 9.84 Å². The summed E-state index contributed by atoms with van der Waals surface area (Å²) in [6, 6.07) is 3.39. The summed E-state index contributed by atoms with van der Waals surface area (Å²) in [5, 5.41) is 5.69. The van der Waals surface area contributed by atoms with Crippen molar-refractivity contribution in [2.24, 2.45) is 0 Å². The van der Waals surface area contributed by atoms with E-state index < -0.39 is 9.84 Å². The Morgan fingerprint density at radius 3 is 2.72 bits per heavy atom. The summed E-state index contributed by atoms with van der Waals surface area (Å²) in [5.41, 5.74) is 0.756. The number of nitrogens with one attached hydrogen (secondary N) is 2. The number of amides is 1. The highest BCUT2D eigenvalue weighted by molar-refractivity contribution is 7.91. The number of anilines is 2. The van der Waals surface area contributed by atoms with Crippen LogP contribution in [0.25, 0.3) is 0 Å². The number of sulfone groups is 1. The van der Waals surface area contributed by atoms with E-state index in [2.05, 4.69) is 15.6 Å². The minimum atomic E-state index is -2.88. The molecule has 0 saturated carbocycles. The Labute approximate surface area is 106 Å². The van der Waals surface area contributed by atoms with Gasteiger partial charge in [-0.3, -0.25) is 4.79 Å². The molecule has 18 heavy (non-hydrogen) atoms. The summed E-state index contributed by atoms with van der Waals surface area (Å²) >= 11 is 0. The van der Waals surface area contributed by atoms with Gasteiger partial charge in [0.1, 0.15) is 5.82 Å². The maximum atomic E-state index is 11.3. The van der Waals surface area contributed by atoms with E-state index in [1.165, 1.54) is 6.92 Å². The lowest BCUT2D eigenvalue weighted by atomic mass is 10.2. The van der Waals surface area contributed by atoms with Crippen molar-refractivity contribution >= 4 is 27.2 Å². The van der Waals surface area contributed by atoms with E-state index in [-0.39, 0.29) is 23.5 Å². The Morgan fingerprint density at radius 2 is 2.22 bits per heavy atom. The number of rotatable bonds is 3. The van der Waals surface area contributed by atoms with Crippen molar-refractivity contribution in [2.75, 3.05) is 22.1 Å². The van der Waals surface area contributed by atoms with Crippen molar-refractivity contribution in [3.05, 3.63) is 18.3 Å². The Morgan fingerprint density at radius 1 is 1.44 bits per heavy atom. The molecular formula is C11H15N3O3S. The van der Waals surface area contributed by atoms with Gasteiger partial charge in [-0.25, -0.2) is 13.4 Å². The number of nitrogens with zero attached hydrogens (tertiary/aromatic N) is 1. The molecule has 1 atom stereocenters. The van der Waals surface area contributed by atoms with E-state index in [4.69, 9.17) is 0 Å². The highest BCUT2D eigenvalue weighted by atomic mass is 32.2. The largest absolute Gasteiger partial charge is 0.380 e. The smallest absolute Gasteiger partial charge is 0.222 e. The molecule has 1 aromatic heterocycles. The molecule has 98 valence electrons. The fraction of sp³-hybridized carbons (Fsp3) is 0.455. The van der Waals surface area contributed by atoms with E-state index in [1.807, 2.05) is 0 Å². The average molecular weight is 269 g/mol. The van der Waals surface area contributed by atoms with Gasteiger partial charge in [0, 0.05) is 13.0 Å². The molecule has 2 heterocycles. The molecule has 1 saturated heterocycles. The second kappa shape index (κ2) is 4.93. The molecule has 0 spiro atoms. The molecule has 1 amide bonds. The second-order valence-corrected chi connectivity index (χ2v) is 6.59. The van der Waals surface area contributed by atoms with E-state index in [9.17, 15) is 13.2 Å². The highest BCUT2D eigenvalue weighted by Gasteiger charge is 2.27. The van der Waals surface area contributed by atoms with Crippen LogP contribution in [0.3, 0.4) is 0 Å². The first-order chi connectivity index (χ1) is 8.44. The Balaban J connectivity index is 1.97. The third-order valence-electron chi connectivity index (χ3n) is 2.67. The Bertz CT molecular complexity index is 539. The molecular weight excluding hydrogens is 254 g/mol. The van der Waals surface area contributed by atoms with Crippen LogP contribution >= 0.6 is 0 Å². The maximum absolute atomic E-state index is 11.3. The minimum Gasteiger partial charge on any atom is -0.380 e. The van der Waals surface area contributed by atoms with Crippen LogP contribution in [0.1, 0.15) is 13.3 Å². The second-order valence-electron chi connectivity index (χ2n) is 4.36. The van der Waals surface area contributed by atoms with Crippen LogP contribution in [-0.4, -0.2) is 36.9 Å². The van der Waals surface area contributed by atoms with Gasteiger partial charge in [0.25, 0.3) is 0 Å². The molecule has 2 N–H and O–H groups in total. The van der Waals surface area contributed by atoms with Gasteiger partial charge < -0.3 is 10.6 Å². The lowest BCUT2D eigenvalue weighted by molar-refractivity contribution is -0.114. The fourth-order valence-electron chi connectivity index (χ4n) is 1.88. The first-order valence-electron chi connectivity index (χ1n) is 5.65. The van der Waals surface area contributed by atoms with E-state index in [1.54, 1.807) is 18.3 Å². The van der Waals surface area contributed by atoms with Gasteiger partial charge in [-0.05, 0) is 18.6 Å². The molecule has 1 aromatic rings. The number of hydrogen-bond donors (Lipinski definition) is 2. The first kappa shape index (κ1) is 12.8. The van der Waals surface area contributed by atoms with Gasteiger partial charge in [0.05, 0.1) is 23.4 Å². The predicted molar refractivity (Wildman–Crippen MR) is 69.2 cm³/mol. The molecule has 1 fully saturated rings. The van der Waals surface area contributed by atoms with Crippen LogP contribution in [-0.2, 0) is 14.6 Å². The predicted octanol–water partition coefficient (Wildman–Crippen LogP) is 0.639. The summed E-state index contributed by atoms with van der Waals surface area (Å²) < 4.78 is 22.6. The minimum absolute atomic E-state index is 0.0524. The molecule has 1 aliphatic rings. The van der Waals surface area contributed by atoms with Crippen LogP contribution in [0.5, 0.6) is 0 Å². The molecule has 2 rings (SSSR count). The van der Waals surface area contributed by atoms with Crippen LogP contribution in [0.4, 0.5) is 11.5 Å². The van der Waals surface area contributed by atoms with Gasteiger partial charge in [0.2, 0.25) is 5.91 Å². The third kappa shape index (κ3) is 3.43. The van der Waals surface area contributed by atoms with Crippen molar-refractivity contribution in [2.45, 2.75) is 19.4 Å². The number of carbonyl (C=O) groups excluding carboxylic acids is 1. The van der Waals surface area contributed by atoms with Crippen molar-refractivity contribution in [3.63, 3.8) is 0 Å². The van der Waals surface area contributed by atoms with E-state index in [0.717, 1.165) is 5.69 Å². The third-order valence-corrected chi connectivity index (χ3v) is 4.44. The Kier molecular flexibility index (Phi) is 3.51. The molecule has 7 heteroatoms. The molecule has 1 unspecified atom stereocenters. The number of carbonyl (C=O) groups is 1. The van der Waals surface area contributed by atoms with Crippen LogP contribution in [0.15, 0.2) is 18.3 Å². The molecule has 0 aromatic carbocycles. The normalized spacial score (nSPS) is 21.5. The summed E-state index contributed by atoms with van der Waals surface area (Å²) in [7, 11) is -2.88. The zero-order valence-corrected chi connectivity index (χ0v) is 10.8. The van der Waals surface area contributed by atoms with Crippen molar-refractivity contribution in [1.82, 2.24) is 4.98 Å². The van der Waals surface area contributed by atoms with Crippen LogP contribution in [0, 0.1) is 0 Å². The monoisotopic (exact) mass is 269 g/mol. The summed E-state index contributed by atoms with van der Waals surface area (Å²) in [6.07, 6.45) is 2.20. The average Bonchev–Trinajstić information content (AvgIpc) is 2.60. The van der Waals surface area contributed by atoms with Gasteiger partial charge in [-0.2, -0.15) is 0 Å². The standard InChI is InChI=1S/C11H15N3O3S/c1-8(15)13-11-3-2-9(6-12-11)14-10-4-5-18(16,17)7-10/h2-3,6,10,14H,4-5,7H2,1H3,(H,12,13,15). The van der Waals surface area contributed by atoms with Crippen LogP contribution in [0.2, 0.25) is 0 Å². The lowest BCUT2D eigenvalue weighted by Crippen LogP contribution is -2.20. The summed E-state index contributed by atoms with van der Waals surface area (Å²) in [4.78, 5) is 14.9. The Hall–Kier alpha value is -1.63. The summed E-state index contributed by atoms with van der Waals surface area (Å²) in [5.74, 6) is 0.708. The number of hydrogen-bond acceptors (Lipinski definition) is 5. The van der Waals surface area contributed by atoms with Crippen molar-refractivity contribution in [3.8, 4) is 0 Å². The van der Waals surface area contributed by atoms with E-state index in [0.29, 0.717) is 12.2 Å². The zero-order chi connectivity index (χ0) is 13.2. The SMILES string of the molecule is CC(=O)Nc1ccc(NC2CCS(=O)(=O)C2)cn1. The molecule has 0 aliphatic carbocycles.